The molecule has 0 radical (unpaired) electrons. The van der Waals surface area contributed by atoms with Crippen molar-refractivity contribution in [2.24, 2.45) is 5.73 Å². The lowest BCUT2D eigenvalue weighted by Gasteiger charge is -2.26. The van der Waals surface area contributed by atoms with E-state index in [-0.39, 0.29) is 18.6 Å². The molecule has 7 nitrogen and oxygen atoms in total. The standard InChI is InChI=1S/C21H24N2O5/c1-26-16-9-10-19(27-2)17(12-16)18-4-3-11-23(18)20(24)13-28-15-7-5-14(6-8-15)21(22)25/h5-10,12,18H,3-4,11,13H2,1-2H3,(H2,22,25)/t18-/m1/s1. The molecule has 0 bridgehead atoms. The third kappa shape index (κ3) is 4.19. The number of nitrogens with zero attached hydrogens (tertiary/aromatic N) is 1. The Morgan fingerprint density at radius 3 is 2.43 bits per heavy atom. The summed E-state index contributed by atoms with van der Waals surface area (Å²) in [5.74, 6) is 1.35. The van der Waals surface area contributed by atoms with E-state index in [1.54, 1.807) is 38.5 Å². The fraction of sp³-hybridized carbons (Fsp3) is 0.333. The molecule has 3 rings (SSSR count). The van der Waals surface area contributed by atoms with Crippen LogP contribution in [0.2, 0.25) is 0 Å². The van der Waals surface area contributed by atoms with E-state index in [2.05, 4.69) is 0 Å². The molecule has 0 aromatic heterocycles. The van der Waals surface area contributed by atoms with Crippen LogP contribution in [0.15, 0.2) is 42.5 Å². The Balaban J connectivity index is 1.70. The van der Waals surface area contributed by atoms with Crippen molar-refractivity contribution in [1.82, 2.24) is 4.90 Å². The molecule has 2 aromatic rings. The Morgan fingerprint density at radius 2 is 1.79 bits per heavy atom. The summed E-state index contributed by atoms with van der Waals surface area (Å²) in [6.07, 6.45) is 1.76. The van der Waals surface area contributed by atoms with Gasteiger partial charge in [0.2, 0.25) is 5.91 Å². The average molecular weight is 384 g/mol. The first-order valence-corrected chi connectivity index (χ1v) is 9.07. The number of amides is 2. The highest BCUT2D eigenvalue weighted by atomic mass is 16.5. The van der Waals surface area contributed by atoms with Crippen LogP contribution in [0.3, 0.4) is 0 Å². The Labute approximate surface area is 164 Å². The van der Waals surface area contributed by atoms with Crippen LogP contribution in [0.5, 0.6) is 17.2 Å². The van der Waals surface area contributed by atoms with Crippen molar-refractivity contribution in [3.63, 3.8) is 0 Å². The smallest absolute Gasteiger partial charge is 0.261 e. The van der Waals surface area contributed by atoms with Gasteiger partial charge in [-0.25, -0.2) is 0 Å². The van der Waals surface area contributed by atoms with E-state index in [1.807, 2.05) is 23.1 Å². The van der Waals surface area contributed by atoms with Gasteiger partial charge in [0.05, 0.1) is 20.3 Å². The highest BCUT2D eigenvalue weighted by molar-refractivity contribution is 5.92. The number of hydrogen-bond acceptors (Lipinski definition) is 5. The van der Waals surface area contributed by atoms with E-state index >= 15 is 0 Å². The number of likely N-dealkylation sites (tertiary alicyclic amines) is 1. The van der Waals surface area contributed by atoms with E-state index in [0.29, 0.717) is 17.9 Å². The van der Waals surface area contributed by atoms with Crippen LogP contribution >= 0.6 is 0 Å². The molecule has 2 amide bonds. The monoisotopic (exact) mass is 384 g/mol. The van der Waals surface area contributed by atoms with Gasteiger partial charge in [0.25, 0.3) is 5.91 Å². The van der Waals surface area contributed by atoms with Crippen LogP contribution in [0.25, 0.3) is 0 Å². The number of benzene rings is 2. The number of hydrogen-bond donors (Lipinski definition) is 1. The number of carbonyl (C=O) groups is 2. The van der Waals surface area contributed by atoms with Crippen molar-refractivity contribution in [2.45, 2.75) is 18.9 Å². The summed E-state index contributed by atoms with van der Waals surface area (Å²) in [7, 11) is 3.23. The molecule has 1 aliphatic rings. The van der Waals surface area contributed by atoms with Crippen molar-refractivity contribution < 1.29 is 23.8 Å². The topological polar surface area (TPSA) is 91.1 Å². The molecule has 2 N–H and O–H groups in total. The van der Waals surface area contributed by atoms with Gasteiger partial charge < -0.3 is 24.8 Å². The molecule has 28 heavy (non-hydrogen) atoms. The maximum atomic E-state index is 12.8. The number of ether oxygens (including phenoxy) is 3. The SMILES string of the molecule is COc1ccc(OC)c([C@H]2CCCN2C(=O)COc2ccc(C(N)=O)cc2)c1. The zero-order chi connectivity index (χ0) is 20.1. The predicted octanol–water partition coefficient (Wildman–Crippen LogP) is 2.55. The number of nitrogens with two attached hydrogens (primary N) is 1. The molecule has 1 aliphatic heterocycles. The molecule has 148 valence electrons. The van der Waals surface area contributed by atoms with Crippen molar-refractivity contribution in [2.75, 3.05) is 27.4 Å². The summed E-state index contributed by atoms with van der Waals surface area (Å²) in [6, 6.07) is 11.9. The number of carbonyl (C=O) groups excluding carboxylic acids is 2. The molecule has 7 heteroatoms. The van der Waals surface area contributed by atoms with E-state index < -0.39 is 5.91 Å². The molecule has 0 saturated carbocycles. The van der Waals surface area contributed by atoms with E-state index in [1.165, 1.54) is 0 Å². The summed E-state index contributed by atoms with van der Waals surface area (Å²) in [5, 5.41) is 0. The second-order valence-electron chi connectivity index (χ2n) is 6.53. The van der Waals surface area contributed by atoms with Crippen LogP contribution in [0.1, 0.15) is 34.8 Å². The largest absolute Gasteiger partial charge is 0.497 e. The van der Waals surface area contributed by atoms with Gasteiger partial charge in [0.15, 0.2) is 6.61 Å². The van der Waals surface area contributed by atoms with Gasteiger partial charge in [0, 0.05) is 17.7 Å². The third-order valence-corrected chi connectivity index (χ3v) is 4.87. The second kappa shape index (κ2) is 8.65. The highest BCUT2D eigenvalue weighted by Crippen LogP contribution is 2.38. The van der Waals surface area contributed by atoms with Crippen LogP contribution in [-0.2, 0) is 4.79 Å². The predicted molar refractivity (Wildman–Crippen MR) is 104 cm³/mol. The maximum absolute atomic E-state index is 12.8. The molecule has 1 fully saturated rings. The second-order valence-corrected chi connectivity index (χ2v) is 6.53. The van der Waals surface area contributed by atoms with Gasteiger partial charge >= 0.3 is 0 Å². The summed E-state index contributed by atoms with van der Waals surface area (Å²) >= 11 is 0. The maximum Gasteiger partial charge on any atom is 0.261 e. The van der Waals surface area contributed by atoms with Gasteiger partial charge in [-0.05, 0) is 55.3 Å². The summed E-state index contributed by atoms with van der Waals surface area (Å²) in [4.78, 5) is 25.7. The Hall–Kier alpha value is -3.22. The first-order chi connectivity index (χ1) is 13.5. The molecule has 1 atom stereocenters. The molecular weight excluding hydrogens is 360 g/mol. The molecule has 0 spiro atoms. The van der Waals surface area contributed by atoms with Gasteiger partial charge in [-0.3, -0.25) is 9.59 Å². The first-order valence-electron chi connectivity index (χ1n) is 9.07. The normalized spacial score (nSPS) is 15.9. The Bertz CT molecular complexity index is 850. The summed E-state index contributed by atoms with van der Waals surface area (Å²) in [5.41, 5.74) is 6.55. The van der Waals surface area contributed by atoms with E-state index in [0.717, 1.165) is 29.9 Å². The minimum absolute atomic E-state index is 0.0846. The van der Waals surface area contributed by atoms with Crippen LogP contribution < -0.4 is 19.9 Å². The molecule has 0 aliphatic carbocycles. The molecular formula is C21H24N2O5. The molecule has 0 unspecified atom stereocenters. The zero-order valence-corrected chi connectivity index (χ0v) is 16.0. The lowest BCUT2D eigenvalue weighted by atomic mass is 10.0. The van der Waals surface area contributed by atoms with Gasteiger partial charge in [-0.1, -0.05) is 0 Å². The average Bonchev–Trinajstić information content (AvgIpc) is 3.21. The van der Waals surface area contributed by atoms with E-state index in [9.17, 15) is 9.59 Å². The number of primary amides is 1. The van der Waals surface area contributed by atoms with Crippen molar-refractivity contribution in [3.8, 4) is 17.2 Å². The Morgan fingerprint density at radius 1 is 1.07 bits per heavy atom. The minimum Gasteiger partial charge on any atom is -0.497 e. The fourth-order valence-electron chi connectivity index (χ4n) is 3.43. The number of methoxy groups -OCH3 is 2. The fourth-order valence-corrected chi connectivity index (χ4v) is 3.43. The molecule has 2 aromatic carbocycles. The highest BCUT2D eigenvalue weighted by Gasteiger charge is 2.32. The molecule has 1 saturated heterocycles. The minimum atomic E-state index is -0.505. The van der Waals surface area contributed by atoms with E-state index in [4.69, 9.17) is 19.9 Å². The molecule has 1 heterocycles. The summed E-state index contributed by atoms with van der Waals surface area (Å²) in [6.45, 7) is 0.576. The number of rotatable bonds is 7. The van der Waals surface area contributed by atoms with Gasteiger partial charge in [-0.2, -0.15) is 0 Å². The third-order valence-electron chi connectivity index (χ3n) is 4.87. The summed E-state index contributed by atoms with van der Waals surface area (Å²) < 4.78 is 16.4. The quantitative estimate of drug-likeness (QED) is 0.792. The van der Waals surface area contributed by atoms with Crippen molar-refractivity contribution in [3.05, 3.63) is 53.6 Å². The lowest BCUT2D eigenvalue weighted by Crippen LogP contribution is -2.34. The van der Waals surface area contributed by atoms with Gasteiger partial charge in [-0.15, -0.1) is 0 Å². The Kier molecular flexibility index (Phi) is 6.03. The van der Waals surface area contributed by atoms with Gasteiger partial charge in [0.1, 0.15) is 17.2 Å². The lowest BCUT2D eigenvalue weighted by molar-refractivity contribution is -0.134. The van der Waals surface area contributed by atoms with Crippen LogP contribution in [0.4, 0.5) is 0 Å². The zero-order valence-electron chi connectivity index (χ0n) is 16.0. The van der Waals surface area contributed by atoms with Crippen molar-refractivity contribution >= 4 is 11.8 Å². The van der Waals surface area contributed by atoms with Crippen LogP contribution in [0, 0.1) is 0 Å². The first kappa shape index (κ1) is 19.5. The van der Waals surface area contributed by atoms with Crippen molar-refractivity contribution in [1.29, 1.82) is 0 Å². The van der Waals surface area contributed by atoms with Crippen LogP contribution in [-0.4, -0.2) is 44.1 Å².